The Balaban J connectivity index is 2.57. The third kappa shape index (κ3) is 2.43. The van der Waals surface area contributed by atoms with E-state index in [-0.39, 0.29) is 11.3 Å². The summed E-state index contributed by atoms with van der Waals surface area (Å²) in [5, 5.41) is 10.7. The fourth-order valence-corrected chi connectivity index (χ4v) is 1.93. The van der Waals surface area contributed by atoms with Crippen LogP contribution in [0.25, 0.3) is 11.1 Å². The zero-order valence-electron chi connectivity index (χ0n) is 8.65. The zero-order valence-corrected chi connectivity index (χ0v) is 10.2. The molecule has 0 bridgehead atoms. The molecule has 0 aliphatic rings. The van der Waals surface area contributed by atoms with Crippen LogP contribution in [0.15, 0.2) is 36.4 Å². The first-order chi connectivity index (χ1) is 8.11. The minimum atomic E-state index is -0.0754. The Labute approximate surface area is 108 Å². The van der Waals surface area contributed by atoms with E-state index >= 15 is 0 Å². The van der Waals surface area contributed by atoms with Gasteiger partial charge in [-0.05, 0) is 35.9 Å². The molecule has 0 saturated heterocycles. The lowest BCUT2D eigenvalue weighted by Crippen LogP contribution is -1.84. The minimum Gasteiger partial charge on any atom is -0.507 e. The molecule has 86 valence electrons. The average molecular weight is 267 g/mol. The van der Waals surface area contributed by atoms with Crippen molar-refractivity contribution in [2.45, 2.75) is 0 Å². The van der Waals surface area contributed by atoms with Gasteiger partial charge in [0.05, 0.1) is 5.56 Å². The Morgan fingerprint density at radius 3 is 2.47 bits per heavy atom. The van der Waals surface area contributed by atoms with Crippen molar-refractivity contribution in [1.82, 2.24) is 0 Å². The third-order valence-electron chi connectivity index (χ3n) is 2.40. The van der Waals surface area contributed by atoms with Gasteiger partial charge in [0.2, 0.25) is 0 Å². The molecule has 0 amide bonds. The van der Waals surface area contributed by atoms with Crippen molar-refractivity contribution in [2.24, 2.45) is 0 Å². The first-order valence-electron chi connectivity index (χ1n) is 4.85. The number of hydrogen-bond donors (Lipinski definition) is 1. The highest BCUT2D eigenvalue weighted by atomic mass is 35.5. The second-order valence-corrected chi connectivity index (χ2v) is 4.36. The number of rotatable bonds is 2. The molecule has 0 aliphatic heterocycles. The smallest absolute Gasteiger partial charge is 0.153 e. The maximum atomic E-state index is 10.6. The van der Waals surface area contributed by atoms with Crippen LogP contribution in [0.4, 0.5) is 0 Å². The topological polar surface area (TPSA) is 37.3 Å². The van der Waals surface area contributed by atoms with Crippen LogP contribution in [0.3, 0.4) is 0 Å². The van der Waals surface area contributed by atoms with Crippen LogP contribution in [0, 0.1) is 0 Å². The summed E-state index contributed by atoms with van der Waals surface area (Å²) in [5.74, 6) is -0.0754. The molecule has 0 aromatic heterocycles. The Kier molecular flexibility index (Phi) is 3.36. The number of aromatic hydroxyl groups is 1. The van der Waals surface area contributed by atoms with Crippen LogP contribution in [0.5, 0.6) is 5.75 Å². The minimum absolute atomic E-state index is 0.0754. The van der Waals surface area contributed by atoms with Crippen molar-refractivity contribution in [3.8, 4) is 16.9 Å². The molecule has 17 heavy (non-hydrogen) atoms. The van der Waals surface area contributed by atoms with Crippen LogP contribution >= 0.6 is 23.2 Å². The molecule has 2 nitrogen and oxygen atoms in total. The summed E-state index contributed by atoms with van der Waals surface area (Å²) in [6, 6.07) is 9.81. The molecule has 0 fully saturated rings. The normalized spacial score (nSPS) is 10.2. The van der Waals surface area contributed by atoms with Crippen molar-refractivity contribution >= 4 is 29.5 Å². The molecule has 0 atom stereocenters. The molecule has 0 heterocycles. The van der Waals surface area contributed by atoms with E-state index < -0.39 is 0 Å². The zero-order chi connectivity index (χ0) is 12.4. The van der Waals surface area contributed by atoms with E-state index in [1.165, 1.54) is 12.1 Å². The summed E-state index contributed by atoms with van der Waals surface area (Å²) >= 11 is 11.9. The second kappa shape index (κ2) is 4.78. The molecule has 0 aliphatic carbocycles. The SMILES string of the molecule is O=Cc1ccc(-c2cc(Cl)ccc2Cl)cc1O. The van der Waals surface area contributed by atoms with Crippen LogP contribution in [-0.4, -0.2) is 11.4 Å². The summed E-state index contributed by atoms with van der Waals surface area (Å²) in [6.45, 7) is 0. The van der Waals surface area contributed by atoms with E-state index in [2.05, 4.69) is 0 Å². The highest BCUT2D eigenvalue weighted by Gasteiger charge is 2.07. The van der Waals surface area contributed by atoms with Gasteiger partial charge in [0.15, 0.2) is 6.29 Å². The van der Waals surface area contributed by atoms with Crippen molar-refractivity contribution in [3.05, 3.63) is 52.0 Å². The molecule has 0 spiro atoms. The van der Waals surface area contributed by atoms with E-state index in [0.717, 1.165) is 0 Å². The van der Waals surface area contributed by atoms with Gasteiger partial charge in [-0.1, -0.05) is 29.3 Å². The maximum absolute atomic E-state index is 10.6. The van der Waals surface area contributed by atoms with Gasteiger partial charge in [-0.3, -0.25) is 4.79 Å². The lowest BCUT2D eigenvalue weighted by atomic mass is 10.0. The lowest BCUT2D eigenvalue weighted by molar-refractivity contribution is 0.112. The van der Waals surface area contributed by atoms with Gasteiger partial charge in [-0.25, -0.2) is 0 Å². The number of carbonyl (C=O) groups excluding carboxylic acids is 1. The number of aldehydes is 1. The Morgan fingerprint density at radius 1 is 1.06 bits per heavy atom. The van der Waals surface area contributed by atoms with Crippen LogP contribution in [-0.2, 0) is 0 Å². The molecule has 0 radical (unpaired) electrons. The first kappa shape index (κ1) is 12.0. The standard InChI is InChI=1S/C13H8Cl2O2/c14-10-3-4-12(15)11(6-10)8-1-2-9(7-16)13(17)5-8/h1-7,17H. The van der Waals surface area contributed by atoms with Crippen LogP contribution in [0.1, 0.15) is 10.4 Å². The fourth-order valence-electron chi connectivity index (χ4n) is 1.53. The Bertz CT molecular complexity index is 580. The molecule has 4 heteroatoms. The highest BCUT2D eigenvalue weighted by Crippen LogP contribution is 2.32. The van der Waals surface area contributed by atoms with Gasteiger partial charge in [-0.2, -0.15) is 0 Å². The van der Waals surface area contributed by atoms with Gasteiger partial charge in [0.1, 0.15) is 5.75 Å². The van der Waals surface area contributed by atoms with Crippen molar-refractivity contribution in [3.63, 3.8) is 0 Å². The molecule has 2 aromatic carbocycles. The first-order valence-corrected chi connectivity index (χ1v) is 5.61. The second-order valence-electron chi connectivity index (χ2n) is 3.52. The van der Waals surface area contributed by atoms with Crippen molar-refractivity contribution in [1.29, 1.82) is 0 Å². The van der Waals surface area contributed by atoms with Crippen LogP contribution in [0.2, 0.25) is 10.0 Å². The predicted molar refractivity (Wildman–Crippen MR) is 69.0 cm³/mol. The number of hydrogen-bond acceptors (Lipinski definition) is 2. The highest BCUT2D eigenvalue weighted by molar-refractivity contribution is 6.35. The molecule has 2 rings (SSSR count). The van der Waals surface area contributed by atoms with E-state index in [4.69, 9.17) is 23.2 Å². The summed E-state index contributed by atoms with van der Waals surface area (Å²) in [4.78, 5) is 10.6. The number of phenols is 1. The molecule has 0 saturated carbocycles. The van der Waals surface area contributed by atoms with E-state index in [9.17, 15) is 9.90 Å². The maximum Gasteiger partial charge on any atom is 0.153 e. The average Bonchev–Trinajstić information content (AvgIpc) is 2.32. The number of carbonyl (C=O) groups is 1. The van der Waals surface area contributed by atoms with Crippen LogP contribution < -0.4 is 0 Å². The predicted octanol–water partition coefficient (Wildman–Crippen LogP) is 4.18. The van der Waals surface area contributed by atoms with Gasteiger partial charge < -0.3 is 5.11 Å². The third-order valence-corrected chi connectivity index (χ3v) is 2.96. The monoisotopic (exact) mass is 266 g/mol. The van der Waals surface area contributed by atoms with E-state index in [1.54, 1.807) is 24.3 Å². The Morgan fingerprint density at radius 2 is 1.82 bits per heavy atom. The van der Waals surface area contributed by atoms with Gasteiger partial charge in [0.25, 0.3) is 0 Å². The Hall–Kier alpha value is -1.51. The largest absolute Gasteiger partial charge is 0.507 e. The van der Waals surface area contributed by atoms with Gasteiger partial charge >= 0.3 is 0 Å². The van der Waals surface area contributed by atoms with Crippen molar-refractivity contribution in [2.75, 3.05) is 0 Å². The van der Waals surface area contributed by atoms with E-state index in [0.29, 0.717) is 27.5 Å². The fraction of sp³-hybridized carbons (Fsp3) is 0. The van der Waals surface area contributed by atoms with Gasteiger partial charge in [0, 0.05) is 15.6 Å². The summed E-state index contributed by atoms with van der Waals surface area (Å²) in [5.41, 5.74) is 1.67. The molecule has 0 unspecified atom stereocenters. The molecule has 2 aromatic rings. The molecular formula is C13H8Cl2O2. The summed E-state index contributed by atoms with van der Waals surface area (Å²) < 4.78 is 0. The molecular weight excluding hydrogens is 259 g/mol. The summed E-state index contributed by atoms with van der Waals surface area (Å²) in [7, 11) is 0. The number of halogens is 2. The van der Waals surface area contributed by atoms with Crippen molar-refractivity contribution < 1.29 is 9.90 Å². The molecule has 1 N–H and O–H groups in total. The number of phenolic OH excluding ortho intramolecular Hbond substituents is 1. The quantitative estimate of drug-likeness (QED) is 0.829. The lowest BCUT2D eigenvalue weighted by Gasteiger charge is -2.06. The summed E-state index contributed by atoms with van der Waals surface area (Å²) in [6.07, 6.45) is 0.596. The van der Waals surface area contributed by atoms with Gasteiger partial charge in [-0.15, -0.1) is 0 Å². The van der Waals surface area contributed by atoms with E-state index in [1.807, 2.05) is 0 Å². The number of benzene rings is 2.